The Morgan fingerprint density at radius 2 is 1.56 bits per heavy atom. The van der Waals surface area contributed by atoms with E-state index in [1.807, 2.05) is 12.1 Å². The average Bonchev–Trinajstić information content (AvgIpc) is 2.71. The lowest BCUT2D eigenvalue weighted by Gasteiger charge is -2.22. The van der Waals surface area contributed by atoms with E-state index in [1.54, 1.807) is 55.6 Å². The molecule has 27 heavy (non-hydrogen) atoms. The molecule has 0 atom stereocenters. The van der Waals surface area contributed by atoms with Gasteiger partial charge >= 0.3 is 0 Å². The van der Waals surface area contributed by atoms with E-state index in [-0.39, 0.29) is 22.9 Å². The third-order valence-corrected chi connectivity index (χ3v) is 4.67. The van der Waals surface area contributed by atoms with Gasteiger partial charge in [0.05, 0.1) is 12.7 Å². The van der Waals surface area contributed by atoms with Crippen molar-refractivity contribution in [1.82, 2.24) is 0 Å². The predicted molar refractivity (Wildman–Crippen MR) is 102 cm³/mol. The van der Waals surface area contributed by atoms with Crippen LogP contribution < -0.4 is 4.74 Å². The Balaban J connectivity index is 1.88. The molecule has 3 aromatic rings. The van der Waals surface area contributed by atoms with Crippen LogP contribution in [0.4, 0.5) is 0 Å². The minimum atomic E-state index is -0.243. The van der Waals surface area contributed by atoms with E-state index >= 15 is 0 Å². The fraction of sp³-hybridized carbons (Fsp3) is 0.0435. The first-order valence-corrected chi connectivity index (χ1v) is 8.46. The van der Waals surface area contributed by atoms with E-state index < -0.39 is 0 Å². The standard InChI is InChI=1S/C23H16O4/c1-27-15-11-9-14(10-12-15)21(25)13-19-16-5-2-3-6-18(16)23(26)22-17(19)7-4-8-20(22)24/h2-13,24H,1H3. The smallest absolute Gasteiger partial charge is 0.197 e. The summed E-state index contributed by atoms with van der Waals surface area (Å²) in [5, 5.41) is 10.2. The molecule has 0 fully saturated rings. The molecule has 0 saturated carbocycles. The SMILES string of the molecule is COc1ccc(C(=O)C=C2c3ccccc3C(=O)c3c(O)cccc32)cc1. The molecule has 0 aromatic heterocycles. The summed E-state index contributed by atoms with van der Waals surface area (Å²) in [5.74, 6) is 0.150. The molecule has 3 aromatic carbocycles. The maximum atomic E-state index is 12.8. The molecular weight excluding hydrogens is 340 g/mol. The van der Waals surface area contributed by atoms with Crippen molar-refractivity contribution >= 4 is 17.1 Å². The van der Waals surface area contributed by atoms with Crippen molar-refractivity contribution in [1.29, 1.82) is 0 Å². The Bertz CT molecular complexity index is 1090. The van der Waals surface area contributed by atoms with Crippen LogP contribution in [-0.2, 0) is 0 Å². The van der Waals surface area contributed by atoms with Crippen LogP contribution >= 0.6 is 0 Å². The zero-order chi connectivity index (χ0) is 19.0. The maximum Gasteiger partial charge on any atom is 0.197 e. The van der Waals surface area contributed by atoms with Crippen LogP contribution in [0.5, 0.6) is 11.5 Å². The molecule has 0 heterocycles. The Morgan fingerprint density at radius 1 is 0.889 bits per heavy atom. The van der Waals surface area contributed by atoms with E-state index in [2.05, 4.69) is 0 Å². The number of phenols is 1. The minimum Gasteiger partial charge on any atom is -0.507 e. The fourth-order valence-corrected chi connectivity index (χ4v) is 3.32. The van der Waals surface area contributed by atoms with Crippen molar-refractivity contribution in [2.45, 2.75) is 0 Å². The molecule has 4 nitrogen and oxygen atoms in total. The number of hydrogen-bond acceptors (Lipinski definition) is 4. The van der Waals surface area contributed by atoms with Crippen molar-refractivity contribution in [2.24, 2.45) is 0 Å². The van der Waals surface area contributed by atoms with Crippen molar-refractivity contribution in [3.8, 4) is 11.5 Å². The highest BCUT2D eigenvalue weighted by atomic mass is 16.5. The number of phenolic OH excluding ortho intramolecular Hbond substituents is 1. The second kappa shape index (κ2) is 6.57. The summed E-state index contributed by atoms with van der Waals surface area (Å²) >= 11 is 0. The van der Waals surface area contributed by atoms with Crippen LogP contribution in [0, 0.1) is 0 Å². The molecule has 4 heteroatoms. The summed E-state index contributed by atoms with van der Waals surface area (Å²) in [6, 6.07) is 18.9. The van der Waals surface area contributed by atoms with Crippen molar-refractivity contribution < 1.29 is 19.4 Å². The van der Waals surface area contributed by atoms with Gasteiger partial charge in [-0.15, -0.1) is 0 Å². The van der Waals surface area contributed by atoms with E-state index in [4.69, 9.17) is 4.74 Å². The Hall–Kier alpha value is -3.66. The van der Waals surface area contributed by atoms with Gasteiger partial charge in [-0.2, -0.15) is 0 Å². The van der Waals surface area contributed by atoms with Gasteiger partial charge in [-0.25, -0.2) is 0 Å². The summed E-state index contributed by atoms with van der Waals surface area (Å²) in [5.41, 5.74) is 3.07. The van der Waals surface area contributed by atoms with Gasteiger partial charge in [-0.3, -0.25) is 9.59 Å². The van der Waals surface area contributed by atoms with Gasteiger partial charge in [0.15, 0.2) is 11.6 Å². The topological polar surface area (TPSA) is 63.6 Å². The molecule has 4 rings (SSSR count). The summed E-state index contributed by atoms with van der Waals surface area (Å²) < 4.78 is 5.12. The zero-order valence-corrected chi connectivity index (χ0v) is 14.6. The van der Waals surface area contributed by atoms with E-state index in [0.29, 0.717) is 33.6 Å². The van der Waals surface area contributed by atoms with Gasteiger partial charge in [0.2, 0.25) is 0 Å². The first-order valence-electron chi connectivity index (χ1n) is 8.46. The van der Waals surface area contributed by atoms with E-state index in [9.17, 15) is 14.7 Å². The molecule has 0 unspecified atom stereocenters. The van der Waals surface area contributed by atoms with Crippen LogP contribution in [0.3, 0.4) is 0 Å². The summed E-state index contributed by atoms with van der Waals surface area (Å²) in [6.45, 7) is 0. The Kier molecular flexibility index (Phi) is 4.09. The highest BCUT2D eigenvalue weighted by Gasteiger charge is 2.29. The zero-order valence-electron chi connectivity index (χ0n) is 14.6. The van der Waals surface area contributed by atoms with Crippen LogP contribution in [0.15, 0.2) is 72.8 Å². The van der Waals surface area contributed by atoms with E-state index in [1.165, 1.54) is 12.1 Å². The third-order valence-electron chi connectivity index (χ3n) is 4.67. The highest BCUT2D eigenvalue weighted by molar-refractivity contribution is 6.22. The second-order valence-corrected chi connectivity index (χ2v) is 6.23. The van der Waals surface area contributed by atoms with Crippen LogP contribution in [0.2, 0.25) is 0 Å². The maximum absolute atomic E-state index is 12.8. The van der Waals surface area contributed by atoms with Crippen molar-refractivity contribution in [3.63, 3.8) is 0 Å². The van der Waals surface area contributed by atoms with Crippen LogP contribution in [0.1, 0.15) is 37.4 Å². The third kappa shape index (κ3) is 2.81. The van der Waals surface area contributed by atoms with Gasteiger partial charge < -0.3 is 9.84 Å². The molecule has 0 radical (unpaired) electrons. The molecule has 0 amide bonds. The number of benzene rings is 3. The molecule has 1 N–H and O–H groups in total. The summed E-state index contributed by atoms with van der Waals surface area (Å²) in [4.78, 5) is 25.6. The van der Waals surface area contributed by atoms with Gasteiger partial charge in [0.1, 0.15) is 11.5 Å². The molecule has 1 aliphatic rings. The van der Waals surface area contributed by atoms with Crippen molar-refractivity contribution in [3.05, 3.63) is 101 Å². The average molecular weight is 356 g/mol. The van der Waals surface area contributed by atoms with Gasteiger partial charge in [0.25, 0.3) is 0 Å². The largest absolute Gasteiger partial charge is 0.507 e. The number of rotatable bonds is 3. The Morgan fingerprint density at radius 3 is 2.26 bits per heavy atom. The monoisotopic (exact) mass is 356 g/mol. The van der Waals surface area contributed by atoms with Crippen LogP contribution in [0.25, 0.3) is 5.57 Å². The quantitative estimate of drug-likeness (QED) is 0.440. The van der Waals surface area contributed by atoms with Gasteiger partial charge in [-0.05, 0) is 53.1 Å². The lowest BCUT2D eigenvalue weighted by Crippen LogP contribution is -2.15. The van der Waals surface area contributed by atoms with E-state index in [0.717, 1.165) is 0 Å². The normalized spacial score (nSPS) is 13.8. The fourth-order valence-electron chi connectivity index (χ4n) is 3.32. The van der Waals surface area contributed by atoms with Crippen LogP contribution in [-0.4, -0.2) is 23.8 Å². The highest BCUT2D eigenvalue weighted by Crippen LogP contribution is 2.39. The van der Waals surface area contributed by atoms with Crippen molar-refractivity contribution in [2.75, 3.05) is 7.11 Å². The number of fused-ring (bicyclic) bond motifs is 2. The summed E-state index contributed by atoms with van der Waals surface area (Å²) in [7, 11) is 1.57. The lowest BCUT2D eigenvalue weighted by molar-refractivity contribution is 0.102. The number of methoxy groups -OCH3 is 1. The van der Waals surface area contributed by atoms with Gasteiger partial charge in [-0.1, -0.05) is 36.4 Å². The number of carbonyl (C=O) groups excluding carboxylic acids is 2. The number of aromatic hydroxyl groups is 1. The molecular formula is C23H16O4. The second-order valence-electron chi connectivity index (χ2n) is 6.23. The molecule has 132 valence electrons. The lowest BCUT2D eigenvalue weighted by atomic mass is 9.80. The number of carbonyl (C=O) groups is 2. The Labute approximate surface area is 156 Å². The number of ketones is 2. The molecule has 0 spiro atoms. The summed E-state index contributed by atoms with van der Waals surface area (Å²) in [6.07, 6.45) is 1.52. The number of ether oxygens (including phenoxy) is 1. The molecule has 0 bridgehead atoms. The minimum absolute atomic E-state index is 0.0881. The first kappa shape index (κ1) is 16.8. The number of hydrogen-bond donors (Lipinski definition) is 1. The predicted octanol–water partition coefficient (Wildman–Crippen LogP) is 4.26. The first-order chi connectivity index (χ1) is 13.1. The molecule has 0 saturated heterocycles. The number of allylic oxidation sites excluding steroid dienone is 1. The van der Waals surface area contributed by atoms with Gasteiger partial charge in [0, 0.05) is 11.1 Å². The molecule has 1 aliphatic carbocycles. The molecule has 0 aliphatic heterocycles.